The number of carbonyl (C=O) groups is 1. The van der Waals surface area contributed by atoms with E-state index in [4.69, 9.17) is 9.47 Å². The molecule has 0 spiro atoms. The second-order valence-electron chi connectivity index (χ2n) is 5.36. The molecule has 0 bridgehead atoms. The molecule has 1 atom stereocenters. The summed E-state index contributed by atoms with van der Waals surface area (Å²) in [6, 6.07) is 6.47. The summed E-state index contributed by atoms with van der Waals surface area (Å²) in [7, 11) is 1.62. The smallest absolute Gasteiger partial charge is 0.317 e. The fraction of sp³-hybridized carbons (Fsp3) is 0.562. The minimum absolute atomic E-state index is 0.0585. The number of nitrogens with one attached hydrogen (secondary N) is 1. The van der Waals surface area contributed by atoms with E-state index in [1.165, 1.54) is 12.1 Å². The molecule has 1 aromatic carbocycles. The Balaban J connectivity index is 1.67. The van der Waals surface area contributed by atoms with E-state index in [-0.39, 0.29) is 18.0 Å². The molecule has 1 N–H and O–H groups in total. The van der Waals surface area contributed by atoms with Crippen LogP contribution in [0.15, 0.2) is 24.3 Å². The number of ether oxygens (including phenoxy) is 2. The van der Waals surface area contributed by atoms with Crippen molar-refractivity contribution in [3.05, 3.63) is 35.6 Å². The van der Waals surface area contributed by atoms with E-state index < -0.39 is 0 Å². The predicted octanol–water partition coefficient (Wildman–Crippen LogP) is 1.82. The highest BCUT2D eigenvalue weighted by atomic mass is 19.1. The maximum atomic E-state index is 13.0. The molecule has 1 aliphatic heterocycles. The highest BCUT2D eigenvalue weighted by Gasteiger charge is 2.23. The molecule has 1 heterocycles. The van der Waals surface area contributed by atoms with Crippen molar-refractivity contribution in [2.75, 3.05) is 40.0 Å². The molecule has 0 saturated carbocycles. The summed E-state index contributed by atoms with van der Waals surface area (Å²) in [4.78, 5) is 13.8. The fourth-order valence-corrected chi connectivity index (χ4v) is 2.48. The minimum Gasteiger partial charge on any atom is -0.382 e. The van der Waals surface area contributed by atoms with Gasteiger partial charge in [-0.05, 0) is 30.5 Å². The molecule has 1 aromatic rings. The number of hydrogen-bond donors (Lipinski definition) is 1. The van der Waals surface area contributed by atoms with Crippen molar-refractivity contribution in [3.8, 4) is 0 Å². The molecule has 5 nitrogen and oxygen atoms in total. The Kier molecular flexibility index (Phi) is 6.61. The maximum absolute atomic E-state index is 13.0. The van der Waals surface area contributed by atoms with Crippen molar-refractivity contribution in [1.82, 2.24) is 10.2 Å². The van der Waals surface area contributed by atoms with Gasteiger partial charge < -0.3 is 19.7 Å². The van der Waals surface area contributed by atoms with Gasteiger partial charge in [0.15, 0.2) is 0 Å². The first-order valence-corrected chi connectivity index (χ1v) is 7.57. The standard InChI is InChI=1S/C16H23FN2O3/c1-21-12-15-11-19(8-9-22-15)16(20)18-7-3-5-13-4-2-6-14(17)10-13/h2,4,6,10,15H,3,5,7-9,11-12H2,1H3,(H,18,20)/t15-/m0/s1. The lowest BCUT2D eigenvalue weighted by Crippen LogP contribution is -2.50. The third-order valence-corrected chi connectivity index (χ3v) is 3.59. The van der Waals surface area contributed by atoms with Crippen LogP contribution in [-0.2, 0) is 15.9 Å². The predicted molar refractivity (Wildman–Crippen MR) is 81.3 cm³/mol. The van der Waals surface area contributed by atoms with Crippen LogP contribution in [0, 0.1) is 5.82 Å². The van der Waals surface area contributed by atoms with Gasteiger partial charge in [0.25, 0.3) is 0 Å². The highest BCUT2D eigenvalue weighted by molar-refractivity contribution is 5.74. The normalized spacial score (nSPS) is 18.3. The monoisotopic (exact) mass is 310 g/mol. The Labute approximate surface area is 130 Å². The van der Waals surface area contributed by atoms with E-state index in [0.29, 0.717) is 32.8 Å². The number of carbonyl (C=O) groups excluding carboxylic acids is 1. The average Bonchev–Trinajstić information content (AvgIpc) is 2.52. The number of benzene rings is 1. The van der Waals surface area contributed by atoms with E-state index in [1.54, 1.807) is 18.1 Å². The van der Waals surface area contributed by atoms with Crippen LogP contribution in [0.25, 0.3) is 0 Å². The average molecular weight is 310 g/mol. The number of rotatable bonds is 6. The Hall–Kier alpha value is -1.66. The first kappa shape index (κ1) is 16.7. The van der Waals surface area contributed by atoms with Crippen LogP contribution in [0.1, 0.15) is 12.0 Å². The highest BCUT2D eigenvalue weighted by Crippen LogP contribution is 2.07. The van der Waals surface area contributed by atoms with Gasteiger partial charge in [0.1, 0.15) is 5.82 Å². The second kappa shape index (κ2) is 8.70. The number of nitrogens with zero attached hydrogens (tertiary/aromatic N) is 1. The second-order valence-corrected chi connectivity index (χ2v) is 5.36. The molecule has 0 aliphatic carbocycles. The summed E-state index contributed by atoms with van der Waals surface area (Å²) in [5, 5.41) is 2.90. The van der Waals surface area contributed by atoms with Gasteiger partial charge in [-0.25, -0.2) is 9.18 Å². The number of morpholine rings is 1. The van der Waals surface area contributed by atoms with Crippen LogP contribution in [-0.4, -0.2) is 57.0 Å². The quantitative estimate of drug-likeness (QED) is 0.815. The number of methoxy groups -OCH3 is 1. The van der Waals surface area contributed by atoms with Crippen LogP contribution in [0.4, 0.5) is 9.18 Å². The van der Waals surface area contributed by atoms with E-state index in [2.05, 4.69) is 5.32 Å². The van der Waals surface area contributed by atoms with Crippen LogP contribution < -0.4 is 5.32 Å². The van der Waals surface area contributed by atoms with Crippen molar-refractivity contribution in [2.24, 2.45) is 0 Å². The summed E-state index contributed by atoms with van der Waals surface area (Å²) in [5.41, 5.74) is 0.945. The largest absolute Gasteiger partial charge is 0.382 e. The third-order valence-electron chi connectivity index (χ3n) is 3.59. The van der Waals surface area contributed by atoms with Gasteiger partial charge in [-0.15, -0.1) is 0 Å². The van der Waals surface area contributed by atoms with E-state index in [0.717, 1.165) is 18.4 Å². The van der Waals surface area contributed by atoms with Gasteiger partial charge in [-0.1, -0.05) is 12.1 Å². The maximum Gasteiger partial charge on any atom is 0.317 e. The Morgan fingerprint density at radius 2 is 2.41 bits per heavy atom. The summed E-state index contributed by atoms with van der Waals surface area (Å²) in [6.45, 7) is 2.73. The summed E-state index contributed by atoms with van der Waals surface area (Å²) < 4.78 is 23.6. The van der Waals surface area contributed by atoms with Crippen molar-refractivity contribution in [1.29, 1.82) is 0 Å². The lowest BCUT2D eigenvalue weighted by molar-refractivity contribution is -0.0494. The number of amides is 2. The molecule has 0 radical (unpaired) electrons. The summed E-state index contributed by atoms with van der Waals surface area (Å²) in [5.74, 6) is -0.223. The number of hydrogen-bond acceptors (Lipinski definition) is 3. The summed E-state index contributed by atoms with van der Waals surface area (Å²) in [6.07, 6.45) is 1.46. The van der Waals surface area contributed by atoms with E-state index in [1.807, 2.05) is 6.07 Å². The van der Waals surface area contributed by atoms with Crippen molar-refractivity contribution in [2.45, 2.75) is 18.9 Å². The fourth-order valence-electron chi connectivity index (χ4n) is 2.48. The number of halogens is 1. The van der Waals surface area contributed by atoms with Gasteiger partial charge in [0, 0.05) is 20.2 Å². The molecule has 122 valence electrons. The topological polar surface area (TPSA) is 50.8 Å². The Morgan fingerprint density at radius 1 is 1.55 bits per heavy atom. The molecule has 0 aromatic heterocycles. The minimum atomic E-state index is -0.223. The van der Waals surface area contributed by atoms with Crippen LogP contribution in [0.2, 0.25) is 0 Å². The Morgan fingerprint density at radius 3 is 3.18 bits per heavy atom. The van der Waals surface area contributed by atoms with E-state index >= 15 is 0 Å². The molecule has 1 aliphatic rings. The molecule has 2 amide bonds. The first-order chi connectivity index (χ1) is 10.7. The Bertz CT molecular complexity index is 482. The van der Waals surface area contributed by atoms with Crippen LogP contribution >= 0.6 is 0 Å². The molecule has 0 unspecified atom stereocenters. The SMILES string of the molecule is COC[C@@H]1CN(C(=O)NCCCc2cccc(F)c2)CCO1. The van der Waals surface area contributed by atoms with Crippen LogP contribution in [0.3, 0.4) is 0 Å². The van der Waals surface area contributed by atoms with Crippen LogP contribution in [0.5, 0.6) is 0 Å². The zero-order valence-electron chi connectivity index (χ0n) is 12.9. The van der Waals surface area contributed by atoms with Gasteiger partial charge >= 0.3 is 6.03 Å². The summed E-state index contributed by atoms with van der Waals surface area (Å²) >= 11 is 0. The van der Waals surface area contributed by atoms with Gasteiger partial charge in [-0.2, -0.15) is 0 Å². The molecule has 1 fully saturated rings. The molecule has 6 heteroatoms. The number of aryl methyl sites for hydroxylation is 1. The molecular formula is C16H23FN2O3. The van der Waals surface area contributed by atoms with E-state index in [9.17, 15) is 9.18 Å². The van der Waals surface area contributed by atoms with Gasteiger partial charge in [0.2, 0.25) is 0 Å². The molecular weight excluding hydrogens is 287 g/mol. The van der Waals surface area contributed by atoms with Gasteiger partial charge in [0.05, 0.1) is 25.9 Å². The third kappa shape index (κ3) is 5.27. The molecule has 1 saturated heterocycles. The van der Waals surface area contributed by atoms with Crippen molar-refractivity contribution in [3.63, 3.8) is 0 Å². The number of urea groups is 1. The van der Waals surface area contributed by atoms with Crippen molar-refractivity contribution >= 4 is 6.03 Å². The first-order valence-electron chi connectivity index (χ1n) is 7.57. The zero-order chi connectivity index (χ0) is 15.8. The molecule has 2 rings (SSSR count). The zero-order valence-corrected chi connectivity index (χ0v) is 12.9. The lowest BCUT2D eigenvalue weighted by atomic mass is 10.1. The molecule has 22 heavy (non-hydrogen) atoms. The van der Waals surface area contributed by atoms with Crippen molar-refractivity contribution < 1.29 is 18.7 Å². The van der Waals surface area contributed by atoms with Gasteiger partial charge in [-0.3, -0.25) is 0 Å². The lowest BCUT2D eigenvalue weighted by Gasteiger charge is -2.32.